The van der Waals surface area contributed by atoms with E-state index >= 15 is 0 Å². The minimum Gasteiger partial charge on any atom is -0.438 e. The molecule has 100 valence electrons. The second-order valence-corrected chi connectivity index (χ2v) is 4.28. The largest absolute Gasteiger partial charge is 0.438 e. The predicted octanol–water partition coefficient (Wildman–Crippen LogP) is 3.57. The van der Waals surface area contributed by atoms with Crippen molar-refractivity contribution in [3.63, 3.8) is 0 Å². The Morgan fingerprint density at radius 1 is 1.21 bits per heavy atom. The summed E-state index contributed by atoms with van der Waals surface area (Å²) < 4.78 is 5.93. The Bertz CT molecular complexity index is 555. The lowest BCUT2D eigenvalue weighted by atomic mass is 10.1. The van der Waals surface area contributed by atoms with Crippen molar-refractivity contribution in [2.45, 2.75) is 27.2 Å². The van der Waals surface area contributed by atoms with Gasteiger partial charge in [-0.2, -0.15) is 4.98 Å². The van der Waals surface area contributed by atoms with Gasteiger partial charge in [-0.05, 0) is 31.9 Å². The van der Waals surface area contributed by atoms with Gasteiger partial charge >= 0.3 is 0 Å². The molecule has 0 amide bonds. The first kappa shape index (κ1) is 13.3. The van der Waals surface area contributed by atoms with Gasteiger partial charge in [-0.1, -0.05) is 25.1 Å². The molecule has 0 aliphatic carbocycles. The van der Waals surface area contributed by atoms with Crippen molar-refractivity contribution in [1.82, 2.24) is 9.97 Å². The molecule has 4 nitrogen and oxygen atoms in total. The van der Waals surface area contributed by atoms with Crippen LogP contribution in [0.25, 0.3) is 0 Å². The minimum absolute atomic E-state index is 0.595. The van der Waals surface area contributed by atoms with Gasteiger partial charge in [0.2, 0.25) is 11.8 Å². The third-order valence-electron chi connectivity index (χ3n) is 2.82. The van der Waals surface area contributed by atoms with Crippen LogP contribution in [0.2, 0.25) is 0 Å². The zero-order valence-electron chi connectivity index (χ0n) is 11.6. The highest BCUT2D eigenvalue weighted by molar-refractivity contribution is 5.39. The molecule has 2 rings (SSSR count). The Kier molecular flexibility index (Phi) is 4.34. The maximum Gasteiger partial charge on any atom is 0.226 e. The molecule has 0 radical (unpaired) electrons. The number of nitrogens with one attached hydrogen (secondary N) is 1. The molecule has 1 heterocycles. The average Bonchev–Trinajstić information content (AvgIpc) is 2.43. The molecule has 1 N–H and O–H groups in total. The number of para-hydroxylation sites is 1. The molecular weight excluding hydrogens is 238 g/mol. The summed E-state index contributed by atoms with van der Waals surface area (Å²) in [4.78, 5) is 8.60. The molecule has 1 aromatic heterocycles. The highest BCUT2D eigenvalue weighted by Gasteiger charge is 2.08. The van der Waals surface area contributed by atoms with Crippen LogP contribution in [0.4, 0.5) is 5.95 Å². The fraction of sp³-hybridized carbons (Fsp3) is 0.333. The van der Waals surface area contributed by atoms with Gasteiger partial charge in [0.15, 0.2) is 0 Å². The third kappa shape index (κ3) is 3.22. The summed E-state index contributed by atoms with van der Waals surface area (Å²) in [5.41, 5.74) is 2.10. The molecule has 0 unspecified atom stereocenters. The molecule has 0 bridgehead atoms. The Labute approximate surface area is 113 Å². The van der Waals surface area contributed by atoms with E-state index in [0.717, 1.165) is 24.3 Å². The van der Waals surface area contributed by atoms with Crippen molar-refractivity contribution in [3.8, 4) is 11.6 Å². The monoisotopic (exact) mass is 257 g/mol. The standard InChI is InChI=1S/C15H19N3O/c1-4-12-8-6-7-9-13(12)19-14-11(3)10-17-15(18-14)16-5-2/h6-10H,4-5H2,1-3H3,(H,16,17,18). The van der Waals surface area contributed by atoms with E-state index in [1.54, 1.807) is 6.20 Å². The summed E-state index contributed by atoms with van der Waals surface area (Å²) in [6.45, 7) is 6.85. The van der Waals surface area contributed by atoms with Crippen molar-refractivity contribution in [2.75, 3.05) is 11.9 Å². The maximum absolute atomic E-state index is 5.93. The van der Waals surface area contributed by atoms with Gasteiger partial charge in [0.25, 0.3) is 0 Å². The number of hydrogen-bond donors (Lipinski definition) is 1. The zero-order chi connectivity index (χ0) is 13.7. The molecular formula is C15H19N3O. The highest BCUT2D eigenvalue weighted by Crippen LogP contribution is 2.26. The Hall–Kier alpha value is -2.10. The quantitative estimate of drug-likeness (QED) is 0.889. The summed E-state index contributed by atoms with van der Waals surface area (Å²) in [6.07, 6.45) is 2.70. The molecule has 0 fully saturated rings. The topological polar surface area (TPSA) is 47.0 Å². The van der Waals surface area contributed by atoms with Gasteiger partial charge in [0.1, 0.15) is 5.75 Å². The van der Waals surface area contributed by atoms with Crippen molar-refractivity contribution < 1.29 is 4.74 Å². The number of ether oxygens (including phenoxy) is 1. The smallest absolute Gasteiger partial charge is 0.226 e. The van der Waals surface area contributed by atoms with E-state index in [2.05, 4.69) is 28.3 Å². The van der Waals surface area contributed by atoms with Gasteiger partial charge < -0.3 is 10.1 Å². The lowest BCUT2D eigenvalue weighted by molar-refractivity contribution is 0.453. The van der Waals surface area contributed by atoms with Crippen molar-refractivity contribution in [3.05, 3.63) is 41.6 Å². The average molecular weight is 257 g/mol. The molecule has 19 heavy (non-hydrogen) atoms. The fourth-order valence-electron chi connectivity index (χ4n) is 1.77. The lowest BCUT2D eigenvalue weighted by Gasteiger charge is -2.11. The molecule has 0 saturated carbocycles. The van der Waals surface area contributed by atoms with E-state index in [-0.39, 0.29) is 0 Å². The van der Waals surface area contributed by atoms with Crippen LogP contribution >= 0.6 is 0 Å². The van der Waals surface area contributed by atoms with Crippen LogP contribution in [-0.2, 0) is 6.42 Å². The van der Waals surface area contributed by atoms with E-state index in [9.17, 15) is 0 Å². The van der Waals surface area contributed by atoms with E-state index in [4.69, 9.17) is 4.74 Å². The Morgan fingerprint density at radius 2 is 2.00 bits per heavy atom. The molecule has 2 aromatic rings. The summed E-state index contributed by atoms with van der Waals surface area (Å²) in [6, 6.07) is 8.02. The molecule has 0 aliphatic rings. The van der Waals surface area contributed by atoms with Gasteiger partial charge in [-0.25, -0.2) is 4.98 Å². The summed E-state index contributed by atoms with van der Waals surface area (Å²) in [5, 5.41) is 3.09. The Balaban J connectivity index is 2.29. The molecule has 0 aliphatic heterocycles. The SMILES string of the molecule is CCNc1ncc(C)c(Oc2ccccc2CC)n1. The van der Waals surface area contributed by atoms with Crippen molar-refractivity contribution in [2.24, 2.45) is 0 Å². The molecule has 0 atom stereocenters. The van der Waals surface area contributed by atoms with Crippen molar-refractivity contribution >= 4 is 5.95 Å². The number of benzene rings is 1. The summed E-state index contributed by atoms with van der Waals surface area (Å²) in [5.74, 6) is 2.05. The van der Waals surface area contributed by atoms with Crippen LogP contribution in [0.1, 0.15) is 25.0 Å². The molecule has 4 heteroatoms. The van der Waals surface area contributed by atoms with Crippen molar-refractivity contribution in [1.29, 1.82) is 0 Å². The number of aryl methyl sites for hydroxylation is 2. The van der Waals surface area contributed by atoms with Gasteiger partial charge in [0, 0.05) is 18.3 Å². The molecule has 0 saturated heterocycles. The molecule has 1 aromatic carbocycles. The van der Waals surface area contributed by atoms with E-state index in [1.165, 1.54) is 5.56 Å². The van der Waals surface area contributed by atoms with Crippen LogP contribution < -0.4 is 10.1 Å². The predicted molar refractivity (Wildman–Crippen MR) is 76.8 cm³/mol. The van der Waals surface area contributed by atoms with E-state index < -0.39 is 0 Å². The first-order chi connectivity index (χ1) is 9.24. The Morgan fingerprint density at radius 3 is 2.74 bits per heavy atom. The second-order valence-electron chi connectivity index (χ2n) is 4.28. The van der Waals surface area contributed by atoms with E-state index in [1.807, 2.05) is 32.0 Å². The van der Waals surface area contributed by atoms with Crippen LogP contribution in [0, 0.1) is 6.92 Å². The van der Waals surface area contributed by atoms with Crippen LogP contribution in [-0.4, -0.2) is 16.5 Å². The van der Waals surface area contributed by atoms with Crippen LogP contribution in [0.15, 0.2) is 30.5 Å². The van der Waals surface area contributed by atoms with Gasteiger partial charge in [-0.15, -0.1) is 0 Å². The van der Waals surface area contributed by atoms with Gasteiger partial charge in [0.05, 0.1) is 0 Å². The normalized spacial score (nSPS) is 10.3. The molecule has 0 spiro atoms. The summed E-state index contributed by atoms with van der Waals surface area (Å²) in [7, 11) is 0. The van der Waals surface area contributed by atoms with Gasteiger partial charge in [-0.3, -0.25) is 0 Å². The minimum atomic E-state index is 0.595. The zero-order valence-corrected chi connectivity index (χ0v) is 11.6. The number of rotatable bonds is 5. The second kappa shape index (κ2) is 6.18. The maximum atomic E-state index is 5.93. The third-order valence-corrected chi connectivity index (χ3v) is 2.82. The number of anilines is 1. The number of nitrogens with zero attached hydrogens (tertiary/aromatic N) is 2. The van der Waals surface area contributed by atoms with Crippen LogP contribution in [0.3, 0.4) is 0 Å². The first-order valence-electron chi connectivity index (χ1n) is 6.57. The lowest BCUT2D eigenvalue weighted by Crippen LogP contribution is -2.04. The first-order valence-corrected chi connectivity index (χ1v) is 6.57. The fourth-order valence-corrected chi connectivity index (χ4v) is 1.77. The number of aromatic nitrogens is 2. The van der Waals surface area contributed by atoms with E-state index in [0.29, 0.717) is 11.8 Å². The highest BCUT2D eigenvalue weighted by atomic mass is 16.5. The number of hydrogen-bond acceptors (Lipinski definition) is 4. The van der Waals surface area contributed by atoms with Crippen LogP contribution in [0.5, 0.6) is 11.6 Å². The summed E-state index contributed by atoms with van der Waals surface area (Å²) >= 11 is 0.